The van der Waals surface area contributed by atoms with Crippen LogP contribution in [0.25, 0.3) is 0 Å². The summed E-state index contributed by atoms with van der Waals surface area (Å²) in [5, 5.41) is 6.99. The van der Waals surface area contributed by atoms with Gasteiger partial charge in [-0.05, 0) is 50.9 Å². The molecule has 2 aliphatic heterocycles. The molecule has 1 aromatic carbocycles. The number of anilines is 1. The Morgan fingerprint density at radius 3 is 2.88 bits per heavy atom. The maximum atomic E-state index is 12.6. The normalized spacial score (nSPS) is 26.8. The molecular weight excluding hydrogens is 349 g/mol. The topological polar surface area (TPSA) is 61.4 Å². The first-order valence-electron chi connectivity index (χ1n) is 8.17. The molecule has 2 fully saturated rings. The fourth-order valence-corrected chi connectivity index (χ4v) is 3.53. The largest absolute Gasteiger partial charge is 0.351 e. The Hall–Kier alpha value is -1.30. The number of amides is 2. The van der Waals surface area contributed by atoms with Gasteiger partial charge in [-0.25, -0.2) is 0 Å². The standard InChI is InChI=1S/C17H22ClN3O2.ClH/c1-11-15(6-3-8-19-11)20-16(22)14-7-9-21(17(14)23)13-5-2-4-12(18)10-13;/h2,4-5,10-11,14-15,19H,3,6-9H2,1H3,(H,20,22);1H. The van der Waals surface area contributed by atoms with E-state index in [1.807, 2.05) is 12.1 Å². The second-order valence-electron chi connectivity index (χ2n) is 6.31. The lowest BCUT2D eigenvalue weighted by Crippen LogP contribution is -2.53. The van der Waals surface area contributed by atoms with Gasteiger partial charge in [0.25, 0.3) is 0 Å². The molecule has 2 heterocycles. The molecule has 0 aromatic heterocycles. The molecule has 2 N–H and O–H groups in total. The Morgan fingerprint density at radius 2 is 2.17 bits per heavy atom. The fraction of sp³-hybridized carbons (Fsp3) is 0.529. The molecule has 0 saturated carbocycles. The first-order chi connectivity index (χ1) is 11.1. The molecule has 2 aliphatic rings. The zero-order valence-corrected chi connectivity index (χ0v) is 15.2. The Kier molecular flexibility index (Phi) is 6.49. The van der Waals surface area contributed by atoms with Gasteiger partial charge in [0.2, 0.25) is 11.8 Å². The molecule has 0 aliphatic carbocycles. The zero-order valence-electron chi connectivity index (χ0n) is 13.6. The number of halogens is 2. The third-order valence-electron chi connectivity index (χ3n) is 4.73. The van der Waals surface area contributed by atoms with Gasteiger partial charge in [-0.3, -0.25) is 9.59 Å². The molecule has 2 saturated heterocycles. The lowest BCUT2D eigenvalue weighted by atomic mass is 9.98. The lowest BCUT2D eigenvalue weighted by Gasteiger charge is -2.31. The smallest absolute Gasteiger partial charge is 0.239 e. The number of hydrogen-bond acceptors (Lipinski definition) is 3. The Labute approximate surface area is 153 Å². The van der Waals surface area contributed by atoms with Gasteiger partial charge in [0, 0.05) is 29.3 Å². The van der Waals surface area contributed by atoms with Crippen molar-refractivity contribution in [3.8, 4) is 0 Å². The van der Waals surface area contributed by atoms with Crippen LogP contribution in [0.5, 0.6) is 0 Å². The molecule has 3 unspecified atom stereocenters. The monoisotopic (exact) mass is 371 g/mol. The summed E-state index contributed by atoms with van der Waals surface area (Å²) >= 11 is 5.99. The van der Waals surface area contributed by atoms with Crippen LogP contribution in [0.1, 0.15) is 26.2 Å². The SMILES string of the molecule is CC1NCCCC1NC(=O)C1CCN(c2cccc(Cl)c2)C1=O.Cl. The van der Waals surface area contributed by atoms with E-state index in [4.69, 9.17) is 11.6 Å². The first-order valence-corrected chi connectivity index (χ1v) is 8.55. The van der Waals surface area contributed by atoms with Crippen molar-refractivity contribution >= 4 is 41.5 Å². The molecule has 3 atom stereocenters. The van der Waals surface area contributed by atoms with Crippen molar-refractivity contribution < 1.29 is 9.59 Å². The van der Waals surface area contributed by atoms with E-state index in [0.717, 1.165) is 25.1 Å². The number of benzene rings is 1. The van der Waals surface area contributed by atoms with Crippen molar-refractivity contribution in [1.29, 1.82) is 0 Å². The number of piperidine rings is 1. The van der Waals surface area contributed by atoms with Crippen LogP contribution in [-0.4, -0.2) is 37.0 Å². The van der Waals surface area contributed by atoms with Crippen molar-refractivity contribution in [2.75, 3.05) is 18.0 Å². The van der Waals surface area contributed by atoms with Crippen LogP contribution in [0.15, 0.2) is 24.3 Å². The fourth-order valence-electron chi connectivity index (χ4n) is 3.35. The summed E-state index contributed by atoms with van der Waals surface area (Å²) in [6, 6.07) is 7.53. The van der Waals surface area contributed by atoms with Crippen LogP contribution in [0.4, 0.5) is 5.69 Å². The first kappa shape index (κ1) is 19.0. The highest BCUT2D eigenvalue weighted by Gasteiger charge is 2.38. The lowest BCUT2D eigenvalue weighted by molar-refractivity contribution is -0.132. The molecule has 0 spiro atoms. The van der Waals surface area contributed by atoms with E-state index >= 15 is 0 Å². The van der Waals surface area contributed by atoms with Crippen molar-refractivity contribution in [3.63, 3.8) is 0 Å². The molecule has 5 nitrogen and oxygen atoms in total. The third-order valence-corrected chi connectivity index (χ3v) is 4.97. The second-order valence-corrected chi connectivity index (χ2v) is 6.75. The van der Waals surface area contributed by atoms with Gasteiger partial charge in [-0.15, -0.1) is 12.4 Å². The van der Waals surface area contributed by atoms with Crippen molar-refractivity contribution in [1.82, 2.24) is 10.6 Å². The Bertz CT molecular complexity index is 611. The minimum absolute atomic E-state index is 0. The molecular formula is C17H23Cl2N3O2. The van der Waals surface area contributed by atoms with Gasteiger partial charge in [-0.2, -0.15) is 0 Å². The Morgan fingerprint density at radius 1 is 1.38 bits per heavy atom. The second kappa shape index (κ2) is 8.19. The third kappa shape index (κ3) is 4.02. The number of rotatable bonds is 3. The minimum atomic E-state index is -0.594. The zero-order chi connectivity index (χ0) is 16.4. The van der Waals surface area contributed by atoms with Crippen LogP contribution in [0.2, 0.25) is 5.02 Å². The highest BCUT2D eigenvalue weighted by molar-refractivity contribution is 6.31. The highest BCUT2D eigenvalue weighted by atomic mass is 35.5. The van der Waals surface area contributed by atoms with Gasteiger partial charge in [-0.1, -0.05) is 17.7 Å². The van der Waals surface area contributed by atoms with E-state index in [9.17, 15) is 9.59 Å². The summed E-state index contributed by atoms with van der Waals surface area (Å²) < 4.78 is 0. The van der Waals surface area contributed by atoms with E-state index in [0.29, 0.717) is 18.0 Å². The molecule has 1 aromatic rings. The summed E-state index contributed by atoms with van der Waals surface area (Å²) in [5.41, 5.74) is 0.755. The van der Waals surface area contributed by atoms with E-state index < -0.39 is 5.92 Å². The predicted octanol–water partition coefficient (Wildman–Crippen LogP) is 2.37. The average Bonchev–Trinajstić information content (AvgIpc) is 2.91. The molecule has 24 heavy (non-hydrogen) atoms. The maximum absolute atomic E-state index is 12.6. The Balaban J connectivity index is 0.00000208. The number of nitrogens with zero attached hydrogens (tertiary/aromatic N) is 1. The van der Waals surface area contributed by atoms with E-state index in [1.165, 1.54) is 0 Å². The van der Waals surface area contributed by atoms with Crippen molar-refractivity contribution in [3.05, 3.63) is 29.3 Å². The van der Waals surface area contributed by atoms with Crippen LogP contribution < -0.4 is 15.5 Å². The summed E-state index contributed by atoms with van der Waals surface area (Å²) in [7, 11) is 0. The molecule has 0 radical (unpaired) electrons. The van der Waals surface area contributed by atoms with Crippen LogP contribution >= 0.6 is 24.0 Å². The molecule has 3 rings (SSSR count). The van der Waals surface area contributed by atoms with Crippen LogP contribution in [-0.2, 0) is 9.59 Å². The summed E-state index contributed by atoms with van der Waals surface area (Å²) in [4.78, 5) is 26.7. The summed E-state index contributed by atoms with van der Waals surface area (Å²) in [5.74, 6) is -0.885. The van der Waals surface area contributed by atoms with Gasteiger partial charge in [0.15, 0.2) is 0 Å². The predicted molar refractivity (Wildman–Crippen MR) is 97.8 cm³/mol. The molecule has 132 valence electrons. The molecule has 7 heteroatoms. The van der Waals surface area contributed by atoms with Crippen molar-refractivity contribution in [2.45, 2.75) is 38.3 Å². The average molecular weight is 372 g/mol. The van der Waals surface area contributed by atoms with Crippen LogP contribution in [0, 0.1) is 5.92 Å². The van der Waals surface area contributed by atoms with E-state index in [-0.39, 0.29) is 36.3 Å². The summed E-state index contributed by atoms with van der Waals surface area (Å²) in [6.45, 7) is 3.60. The molecule has 2 amide bonds. The van der Waals surface area contributed by atoms with E-state index in [1.54, 1.807) is 17.0 Å². The number of carbonyl (C=O) groups excluding carboxylic acids is 2. The summed E-state index contributed by atoms with van der Waals surface area (Å²) in [6.07, 6.45) is 2.55. The minimum Gasteiger partial charge on any atom is -0.351 e. The van der Waals surface area contributed by atoms with Gasteiger partial charge in [0.05, 0.1) is 0 Å². The number of nitrogens with one attached hydrogen (secondary N) is 2. The van der Waals surface area contributed by atoms with Crippen LogP contribution in [0.3, 0.4) is 0 Å². The van der Waals surface area contributed by atoms with E-state index in [2.05, 4.69) is 17.6 Å². The van der Waals surface area contributed by atoms with Gasteiger partial charge in [0.1, 0.15) is 5.92 Å². The van der Waals surface area contributed by atoms with Crippen molar-refractivity contribution in [2.24, 2.45) is 5.92 Å². The quantitative estimate of drug-likeness (QED) is 0.801. The maximum Gasteiger partial charge on any atom is 0.239 e. The van der Waals surface area contributed by atoms with Gasteiger partial charge >= 0.3 is 0 Å². The highest BCUT2D eigenvalue weighted by Crippen LogP contribution is 2.27. The number of hydrogen-bond donors (Lipinski definition) is 2. The number of carbonyl (C=O) groups is 2. The molecule has 0 bridgehead atoms. The van der Waals surface area contributed by atoms with Gasteiger partial charge < -0.3 is 15.5 Å².